The number of thiophene rings is 1. The zero-order valence-corrected chi connectivity index (χ0v) is 9.96. The summed E-state index contributed by atoms with van der Waals surface area (Å²) in [6, 6.07) is 4.21. The second kappa shape index (κ2) is 5.09. The first kappa shape index (κ1) is 11.1. The van der Waals surface area contributed by atoms with E-state index < -0.39 is 0 Å². The van der Waals surface area contributed by atoms with Crippen molar-refractivity contribution in [3.05, 3.63) is 27.7 Å². The van der Waals surface area contributed by atoms with E-state index in [1.54, 1.807) is 11.3 Å². The molecule has 0 spiro atoms. The Hall–Kier alpha value is -1.40. The van der Waals surface area contributed by atoms with E-state index in [9.17, 15) is 0 Å². The minimum absolute atomic E-state index is 0.0491. The van der Waals surface area contributed by atoms with Gasteiger partial charge in [0.2, 0.25) is 5.28 Å². The summed E-state index contributed by atoms with van der Waals surface area (Å²) in [7, 11) is 1.45. The van der Waals surface area contributed by atoms with Gasteiger partial charge in [-0.25, -0.2) is 0 Å². The molecule has 84 valence electrons. The highest BCUT2D eigenvalue weighted by Crippen LogP contribution is 2.15. The lowest BCUT2D eigenvalue weighted by Gasteiger charge is -2.03. The first-order chi connectivity index (χ1) is 7.78. The predicted molar refractivity (Wildman–Crippen MR) is 60.0 cm³/mol. The van der Waals surface area contributed by atoms with Crippen LogP contribution in [-0.2, 0) is 6.61 Å². The lowest BCUT2D eigenvalue weighted by Crippen LogP contribution is -2.01. The van der Waals surface area contributed by atoms with Gasteiger partial charge in [0.05, 0.1) is 7.11 Å². The number of halogens is 1. The van der Waals surface area contributed by atoms with Crippen molar-refractivity contribution in [1.29, 1.82) is 0 Å². The minimum atomic E-state index is 0.0491. The molecule has 2 aromatic heterocycles. The van der Waals surface area contributed by atoms with Crippen LogP contribution >= 0.6 is 22.9 Å². The fourth-order valence-electron chi connectivity index (χ4n) is 1.00. The third kappa shape index (κ3) is 2.80. The van der Waals surface area contributed by atoms with Gasteiger partial charge in [0.1, 0.15) is 6.61 Å². The molecule has 16 heavy (non-hydrogen) atoms. The SMILES string of the molecule is COc1nc(Cl)nc(OCc2cccs2)n1. The zero-order chi connectivity index (χ0) is 11.4. The highest BCUT2D eigenvalue weighted by atomic mass is 35.5. The van der Waals surface area contributed by atoms with Crippen LogP contribution in [0.4, 0.5) is 0 Å². The summed E-state index contributed by atoms with van der Waals surface area (Å²) in [5.41, 5.74) is 0. The normalized spacial score (nSPS) is 10.1. The number of rotatable bonds is 4. The molecule has 0 fully saturated rings. The van der Waals surface area contributed by atoms with E-state index in [1.165, 1.54) is 7.11 Å². The molecule has 7 heteroatoms. The summed E-state index contributed by atoms with van der Waals surface area (Å²) in [5, 5.41) is 2.02. The van der Waals surface area contributed by atoms with Crippen molar-refractivity contribution in [3.63, 3.8) is 0 Å². The number of aromatic nitrogens is 3. The summed E-state index contributed by atoms with van der Waals surface area (Å²) in [6.45, 7) is 0.404. The van der Waals surface area contributed by atoms with Crippen LogP contribution in [0.15, 0.2) is 17.5 Å². The van der Waals surface area contributed by atoms with E-state index in [-0.39, 0.29) is 17.3 Å². The van der Waals surface area contributed by atoms with Crippen molar-refractivity contribution in [2.75, 3.05) is 7.11 Å². The van der Waals surface area contributed by atoms with Crippen LogP contribution in [0, 0.1) is 0 Å². The minimum Gasteiger partial charge on any atom is -0.467 e. The van der Waals surface area contributed by atoms with E-state index >= 15 is 0 Å². The van der Waals surface area contributed by atoms with Gasteiger partial charge in [-0.05, 0) is 23.0 Å². The molecule has 2 heterocycles. The van der Waals surface area contributed by atoms with Crippen molar-refractivity contribution in [1.82, 2.24) is 15.0 Å². The third-order valence-electron chi connectivity index (χ3n) is 1.67. The molecule has 0 N–H and O–H groups in total. The van der Waals surface area contributed by atoms with Crippen molar-refractivity contribution in [2.24, 2.45) is 0 Å². The molecule has 0 atom stereocenters. The fraction of sp³-hybridized carbons (Fsp3) is 0.222. The number of hydrogen-bond donors (Lipinski definition) is 0. The lowest BCUT2D eigenvalue weighted by atomic mass is 10.5. The maximum Gasteiger partial charge on any atom is 0.324 e. The Morgan fingerprint density at radius 3 is 2.81 bits per heavy atom. The number of nitrogens with zero attached hydrogens (tertiary/aromatic N) is 3. The lowest BCUT2D eigenvalue weighted by molar-refractivity contribution is 0.273. The number of hydrogen-bond acceptors (Lipinski definition) is 6. The second-order valence-electron chi connectivity index (χ2n) is 2.74. The van der Waals surface area contributed by atoms with Crippen LogP contribution in [0.3, 0.4) is 0 Å². The second-order valence-corrected chi connectivity index (χ2v) is 4.11. The average molecular weight is 258 g/mol. The molecule has 0 aromatic carbocycles. The Labute approximate surface area is 101 Å². The quantitative estimate of drug-likeness (QED) is 0.840. The Bertz CT molecular complexity index is 464. The van der Waals surface area contributed by atoms with Gasteiger partial charge in [-0.3, -0.25) is 0 Å². The fourth-order valence-corrected chi connectivity index (χ4v) is 1.76. The molecule has 2 aromatic rings. The molecule has 0 aliphatic heterocycles. The first-order valence-electron chi connectivity index (χ1n) is 4.38. The van der Waals surface area contributed by atoms with Crippen LogP contribution in [0.25, 0.3) is 0 Å². The summed E-state index contributed by atoms with van der Waals surface area (Å²) in [4.78, 5) is 12.6. The largest absolute Gasteiger partial charge is 0.467 e. The molecule has 5 nitrogen and oxygen atoms in total. The van der Waals surface area contributed by atoms with Crippen molar-refractivity contribution < 1.29 is 9.47 Å². The van der Waals surface area contributed by atoms with E-state index in [0.29, 0.717) is 6.61 Å². The molecule has 0 saturated carbocycles. The van der Waals surface area contributed by atoms with Gasteiger partial charge in [0.15, 0.2) is 0 Å². The summed E-state index contributed by atoms with van der Waals surface area (Å²) < 4.78 is 10.2. The number of methoxy groups -OCH3 is 1. The van der Waals surface area contributed by atoms with Gasteiger partial charge in [-0.1, -0.05) is 6.07 Å². The van der Waals surface area contributed by atoms with Crippen molar-refractivity contribution >= 4 is 22.9 Å². The molecule has 0 radical (unpaired) electrons. The molecule has 2 rings (SSSR count). The molecule has 0 saturated heterocycles. The van der Waals surface area contributed by atoms with Crippen molar-refractivity contribution in [3.8, 4) is 12.0 Å². The molecule has 0 aliphatic carbocycles. The molecule has 0 bridgehead atoms. The standard InChI is InChI=1S/C9H8ClN3O2S/c1-14-8-11-7(10)12-9(13-8)15-5-6-3-2-4-16-6/h2-4H,5H2,1H3. The van der Waals surface area contributed by atoms with Crippen LogP contribution < -0.4 is 9.47 Å². The molecule has 0 amide bonds. The molecule has 0 aliphatic rings. The van der Waals surface area contributed by atoms with E-state index in [2.05, 4.69) is 15.0 Å². The van der Waals surface area contributed by atoms with Gasteiger partial charge in [-0.2, -0.15) is 9.97 Å². The third-order valence-corrected chi connectivity index (χ3v) is 2.69. The van der Waals surface area contributed by atoms with Gasteiger partial charge in [0.25, 0.3) is 0 Å². The van der Waals surface area contributed by atoms with Gasteiger partial charge < -0.3 is 9.47 Å². The van der Waals surface area contributed by atoms with E-state index in [0.717, 1.165) is 4.88 Å². The topological polar surface area (TPSA) is 57.1 Å². The summed E-state index contributed by atoms with van der Waals surface area (Å²) >= 11 is 7.27. The van der Waals surface area contributed by atoms with Crippen LogP contribution in [-0.4, -0.2) is 22.1 Å². The van der Waals surface area contributed by atoms with Crippen LogP contribution in [0.5, 0.6) is 12.0 Å². The predicted octanol–water partition coefficient (Wildman–Crippen LogP) is 2.17. The molecular weight excluding hydrogens is 250 g/mol. The monoisotopic (exact) mass is 257 g/mol. The van der Waals surface area contributed by atoms with Gasteiger partial charge in [-0.15, -0.1) is 16.3 Å². The highest BCUT2D eigenvalue weighted by Gasteiger charge is 2.06. The Kier molecular flexibility index (Phi) is 3.53. The maximum atomic E-state index is 5.67. The van der Waals surface area contributed by atoms with E-state index in [4.69, 9.17) is 21.1 Å². The Balaban J connectivity index is 2.06. The Morgan fingerprint density at radius 1 is 1.31 bits per heavy atom. The van der Waals surface area contributed by atoms with Crippen molar-refractivity contribution in [2.45, 2.75) is 6.61 Å². The highest BCUT2D eigenvalue weighted by molar-refractivity contribution is 7.09. The average Bonchev–Trinajstić information content (AvgIpc) is 2.78. The summed E-state index contributed by atoms with van der Waals surface area (Å²) in [5.74, 6) is 0. The molecular formula is C9H8ClN3O2S. The van der Waals surface area contributed by atoms with E-state index in [1.807, 2.05) is 17.5 Å². The van der Waals surface area contributed by atoms with Crippen LogP contribution in [0.2, 0.25) is 5.28 Å². The van der Waals surface area contributed by atoms with Gasteiger partial charge >= 0.3 is 12.0 Å². The number of ether oxygens (including phenoxy) is 2. The smallest absolute Gasteiger partial charge is 0.324 e. The van der Waals surface area contributed by atoms with Crippen LogP contribution in [0.1, 0.15) is 4.88 Å². The van der Waals surface area contributed by atoms with Gasteiger partial charge in [0, 0.05) is 4.88 Å². The maximum absolute atomic E-state index is 5.67. The summed E-state index contributed by atoms with van der Waals surface area (Å²) in [6.07, 6.45) is 0. The zero-order valence-electron chi connectivity index (χ0n) is 8.38. The Morgan fingerprint density at radius 2 is 2.12 bits per heavy atom. The molecule has 0 unspecified atom stereocenters. The first-order valence-corrected chi connectivity index (χ1v) is 5.64.